The van der Waals surface area contributed by atoms with Crippen LogP contribution in [0, 0.1) is 7.11 Å². The van der Waals surface area contributed by atoms with Crippen molar-refractivity contribution in [3.05, 3.63) is 7.11 Å². The highest BCUT2D eigenvalue weighted by molar-refractivity contribution is 4.73. The van der Waals surface area contributed by atoms with Crippen molar-refractivity contribution in [2.45, 2.75) is 39.6 Å². The summed E-state index contributed by atoms with van der Waals surface area (Å²) in [7, 11) is 3.38. The van der Waals surface area contributed by atoms with Gasteiger partial charge in [-0.3, -0.25) is 0 Å². The van der Waals surface area contributed by atoms with Crippen molar-refractivity contribution in [3.8, 4) is 0 Å². The van der Waals surface area contributed by atoms with Crippen molar-refractivity contribution in [1.29, 1.82) is 0 Å². The Hall–Kier alpha value is -0.120. The molecule has 0 aromatic carbocycles. The third-order valence-electron chi connectivity index (χ3n) is 1.58. The minimum Gasteiger partial charge on any atom is -0.368 e. The van der Waals surface area contributed by atoms with Gasteiger partial charge in [-0.15, -0.1) is 0 Å². The lowest BCUT2D eigenvalue weighted by Crippen LogP contribution is -2.41. The van der Waals surface area contributed by atoms with E-state index in [2.05, 4.69) is 7.11 Å². The maximum atomic E-state index is 5.35. The molecule has 0 aliphatic carbocycles. The lowest BCUT2D eigenvalue weighted by molar-refractivity contribution is -0.225. The first-order valence-corrected chi connectivity index (χ1v) is 4.24. The largest absolute Gasteiger partial charge is 0.368 e. The molecule has 0 atom stereocenters. The molecule has 0 rings (SSSR count). The number of hydrogen-bond donors (Lipinski definition) is 0. The predicted octanol–water partition coefficient (Wildman–Crippen LogP) is 1.97. The zero-order valence-corrected chi connectivity index (χ0v) is 8.42. The second-order valence-electron chi connectivity index (χ2n) is 2.99. The van der Waals surface area contributed by atoms with Crippen LogP contribution in [0.3, 0.4) is 0 Å². The van der Waals surface area contributed by atoms with Gasteiger partial charge in [-0.2, -0.15) is 0 Å². The summed E-state index contributed by atoms with van der Waals surface area (Å²) in [4.78, 5) is 0. The zero-order valence-electron chi connectivity index (χ0n) is 8.42. The molecule has 0 heterocycles. The van der Waals surface area contributed by atoms with E-state index in [1.807, 2.05) is 27.7 Å². The van der Waals surface area contributed by atoms with Gasteiger partial charge in [-0.05, 0) is 27.7 Å². The van der Waals surface area contributed by atoms with Crippen LogP contribution in [0.5, 0.6) is 0 Å². The second-order valence-corrected chi connectivity index (χ2v) is 2.99. The molecule has 0 saturated carbocycles. The molecule has 73 valence electrons. The first-order chi connectivity index (χ1) is 5.58. The highest BCUT2D eigenvalue weighted by atomic mass is 16.7. The Bertz CT molecular complexity index is 106. The summed E-state index contributed by atoms with van der Waals surface area (Å²) in [5, 5.41) is 0. The molecule has 0 aromatic heterocycles. The number of hydrogen-bond acceptors (Lipinski definition) is 3. The van der Waals surface area contributed by atoms with Crippen LogP contribution in [-0.4, -0.2) is 25.1 Å². The highest BCUT2D eigenvalue weighted by Crippen LogP contribution is 2.18. The van der Waals surface area contributed by atoms with Crippen molar-refractivity contribution >= 4 is 0 Å². The quantitative estimate of drug-likeness (QED) is 0.578. The SMILES string of the molecule is [CH2]OC(C)(C)C(OCC)OCC. The van der Waals surface area contributed by atoms with Crippen molar-refractivity contribution in [3.63, 3.8) is 0 Å². The normalized spacial score (nSPS) is 12.5. The Morgan fingerprint density at radius 1 is 1.17 bits per heavy atom. The van der Waals surface area contributed by atoms with Crippen LogP contribution in [-0.2, 0) is 14.2 Å². The van der Waals surface area contributed by atoms with Gasteiger partial charge in [0.15, 0.2) is 6.29 Å². The molecule has 3 nitrogen and oxygen atoms in total. The van der Waals surface area contributed by atoms with Crippen LogP contribution >= 0.6 is 0 Å². The standard InChI is InChI=1S/C9H19O3/c1-6-11-8(12-7-2)9(3,4)10-5/h8H,5-7H2,1-4H3. The average molecular weight is 175 g/mol. The Morgan fingerprint density at radius 3 is 1.83 bits per heavy atom. The van der Waals surface area contributed by atoms with Gasteiger partial charge < -0.3 is 14.2 Å². The summed E-state index contributed by atoms with van der Waals surface area (Å²) in [6.07, 6.45) is -0.343. The smallest absolute Gasteiger partial charge is 0.185 e. The van der Waals surface area contributed by atoms with E-state index in [0.717, 1.165) is 0 Å². The van der Waals surface area contributed by atoms with E-state index in [9.17, 15) is 0 Å². The van der Waals surface area contributed by atoms with E-state index in [1.54, 1.807) is 0 Å². The molecule has 0 unspecified atom stereocenters. The van der Waals surface area contributed by atoms with Gasteiger partial charge >= 0.3 is 0 Å². The summed E-state index contributed by atoms with van der Waals surface area (Å²) in [5.74, 6) is 0. The number of rotatable bonds is 6. The van der Waals surface area contributed by atoms with Crippen molar-refractivity contribution in [2.75, 3.05) is 13.2 Å². The minimum absolute atomic E-state index is 0.343. The second kappa shape index (κ2) is 5.51. The van der Waals surface area contributed by atoms with Crippen LogP contribution in [0.15, 0.2) is 0 Å². The fourth-order valence-corrected chi connectivity index (χ4v) is 0.820. The van der Waals surface area contributed by atoms with Gasteiger partial charge in [0, 0.05) is 13.2 Å². The predicted molar refractivity (Wildman–Crippen MR) is 47.6 cm³/mol. The van der Waals surface area contributed by atoms with E-state index in [4.69, 9.17) is 14.2 Å². The maximum Gasteiger partial charge on any atom is 0.185 e. The topological polar surface area (TPSA) is 27.7 Å². The van der Waals surface area contributed by atoms with E-state index >= 15 is 0 Å². The van der Waals surface area contributed by atoms with Crippen molar-refractivity contribution in [1.82, 2.24) is 0 Å². The Labute approximate surface area is 75.0 Å². The molecule has 12 heavy (non-hydrogen) atoms. The van der Waals surface area contributed by atoms with E-state index in [1.165, 1.54) is 0 Å². The third kappa shape index (κ3) is 3.52. The Balaban J connectivity index is 4.07. The Kier molecular flexibility index (Phi) is 5.46. The van der Waals surface area contributed by atoms with Crippen LogP contribution < -0.4 is 0 Å². The molecule has 0 aliphatic rings. The van der Waals surface area contributed by atoms with E-state index in [0.29, 0.717) is 13.2 Å². The van der Waals surface area contributed by atoms with Crippen LogP contribution in [0.4, 0.5) is 0 Å². The molecule has 3 heteroatoms. The molecular formula is C9H19O3. The van der Waals surface area contributed by atoms with Gasteiger partial charge in [-0.1, -0.05) is 0 Å². The van der Waals surface area contributed by atoms with Gasteiger partial charge in [0.1, 0.15) is 5.60 Å². The Morgan fingerprint density at radius 2 is 1.58 bits per heavy atom. The summed E-state index contributed by atoms with van der Waals surface area (Å²) in [5.41, 5.74) is -0.494. The molecule has 0 N–H and O–H groups in total. The van der Waals surface area contributed by atoms with Gasteiger partial charge in [-0.25, -0.2) is 0 Å². The minimum atomic E-state index is -0.494. The monoisotopic (exact) mass is 175 g/mol. The lowest BCUT2D eigenvalue weighted by Gasteiger charge is -2.31. The van der Waals surface area contributed by atoms with Gasteiger partial charge in [0.2, 0.25) is 0 Å². The van der Waals surface area contributed by atoms with Crippen molar-refractivity contribution in [2.24, 2.45) is 0 Å². The molecular weight excluding hydrogens is 156 g/mol. The molecule has 0 amide bonds. The summed E-state index contributed by atoms with van der Waals surface area (Å²) in [6, 6.07) is 0. The molecule has 0 fully saturated rings. The fraction of sp³-hybridized carbons (Fsp3) is 0.889. The lowest BCUT2D eigenvalue weighted by atomic mass is 10.1. The fourth-order valence-electron chi connectivity index (χ4n) is 0.820. The van der Waals surface area contributed by atoms with E-state index < -0.39 is 5.60 Å². The van der Waals surface area contributed by atoms with Crippen LogP contribution in [0.1, 0.15) is 27.7 Å². The van der Waals surface area contributed by atoms with Crippen molar-refractivity contribution < 1.29 is 14.2 Å². The molecule has 1 radical (unpaired) electrons. The summed E-state index contributed by atoms with van der Waals surface area (Å²) in [6.45, 7) is 8.83. The summed E-state index contributed by atoms with van der Waals surface area (Å²) < 4.78 is 15.7. The molecule has 0 bridgehead atoms. The molecule has 0 aromatic rings. The van der Waals surface area contributed by atoms with E-state index in [-0.39, 0.29) is 6.29 Å². The van der Waals surface area contributed by atoms with Gasteiger partial charge in [0.05, 0.1) is 7.11 Å². The first kappa shape index (κ1) is 11.9. The third-order valence-corrected chi connectivity index (χ3v) is 1.58. The molecule has 0 saturated heterocycles. The summed E-state index contributed by atoms with van der Waals surface area (Å²) >= 11 is 0. The van der Waals surface area contributed by atoms with Crippen LogP contribution in [0.25, 0.3) is 0 Å². The molecule has 0 spiro atoms. The van der Waals surface area contributed by atoms with Gasteiger partial charge in [0.25, 0.3) is 0 Å². The maximum absolute atomic E-state index is 5.35. The molecule has 0 aliphatic heterocycles. The highest BCUT2D eigenvalue weighted by Gasteiger charge is 2.30. The average Bonchev–Trinajstić information content (AvgIpc) is 2.04. The first-order valence-electron chi connectivity index (χ1n) is 4.24. The zero-order chi connectivity index (χ0) is 9.61. The number of ether oxygens (including phenoxy) is 3. The van der Waals surface area contributed by atoms with Crippen LogP contribution in [0.2, 0.25) is 0 Å².